The molecule has 3 N–H and O–H groups in total. The standard InChI is InChI=1S/C39H41FN10O4/c1-46(27-15-26-19-42-37-33(49(26)22-27)17-31(44-45-37)28-3-2-4-30(40)36(28)52)34-9-5-23(18-41-34)20-47-11-13-48(14-12-47)25-7-6-24-21-50(39(54)29(24)16-25)32-8-10-35(51)43-38(32)53/h2-7,9,16-18,26-27,32,52H,8,10-15,19-22H2,1H3,(H,42,45)(H,43,51,53)/t26-,27-,32?/m1/s1. The van der Waals surface area contributed by atoms with E-state index in [1.807, 2.05) is 24.4 Å². The molecule has 2 aromatic carbocycles. The Hall–Kier alpha value is -5.83. The van der Waals surface area contributed by atoms with Crippen molar-refractivity contribution in [3.05, 3.63) is 83.3 Å². The summed E-state index contributed by atoms with van der Waals surface area (Å²) in [6, 6.07) is 16.4. The van der Waals surface area contributed by atoms with Gasteiger partial charge in [-0.25, -0.2) is 9.37 Å². The highest BCUT2D eigenvalue weighted by atomic mass is 19.1. The number of imide groups is 1. The molecular weight excluding hydrogens is 691 g/mol. The average molecular weight is 733 g/mol. The van der Waals surface area contributed by atoms with E-state index in [1.165, 1.54) is 6.07 Å². The fourth-order valence-corrected chi connectivity index (χ4v) is 8.52. The van der Waals surface area contributed by atoms with Crippen LogP contribution in [0.1, 0.15) is 40.7 Å². The molecular formula is C39H41FN10O4. The molecule has 3 atom stereocenters. The lowest BCUT2D eigenvalue weighted by Crippen LogP contribution is -2.52. The molecule has 5 aliphatic heterocycles. The van der Waals surface area contributed by atoms with E-state index in [2.05, 4.69) is 65.7 Å². The predicted molar refractivity (Wildman–Crippen MR) is 200 cm³/mol. The molecule has 0 saturated carbocycles. The molecule has 14 nitrogen and oxygen atoms in total. The molecule has 3 amide bonds. The first-order valence-electron chi connectivity index (χ1n) is 18.5. The maximum atomic E-state index is 14.1. The van der Waals surface area contributed by atoms with E-state index in [9.17, 15) is 23.9 Å². The summed E-state index contributed by atoms with van der Waals surface area (Å²) in [5.41, 5.74) is 5.31. The van der Waals surface area contributed by atoms with Crippen LogP contribution in [0.3, 0.4) is 0 Å². The normalized spacial score (nSPS) is 22.4. The smallest absolute Gasteiger partial charge is 0.255 e. The second kappa shape index (κ2) is 13.5. The van der Waals surface area contributed by atoms with Crippen molar-refractivity contribution in [1.82, 2.24) is 30.3 Å². The van der Waals surface area contributed by atoms with Crippen LogP contribution in [-0.2, 0) is 22.7 Å². The zero-order chi connectivity index (χ0) is 37.1. The number of halogens is 1. The molecule has 5 aliphatic rings. The number of amides is 3. The quantitative estimate of drug-likeness (QED) is 0.240. The Morgan fingerprint density at radius 2 is 1.83 bits per heavy atom. The number of anilines is 4. The lowest BCUT2D eigenvalue weighted by Gasteiger charge is -2.36. The van der Waals surface area contributed by atoms with Gasteiger partial charge in [-0.1, -0.05) is 18.2 Å². The number of carbonyl (C=O) groups excluding carboxylic acids is 3. The predicted octanol–water partition coefficient (Wildman–Crippen LogP) is 2.98. The van der Waals surface area contributed by atoms with Gasteiger partial charge < -0.3 is 30.0 Å². The van der Waals surface area contributed by atoms with Crippen LogP contribution in [0.15, 0.2) is 60.8 Å². The van der Waals surface area contributed by atoms with Gasteiger partial charge in [0, 0.05) is 101 Å². The Morgan fingerprint density at radius 1 is 0.981 bits per heavy atom. The minimum Gasteiger partial charge on any atom is -0.504 e. The zero-order valence-electron chi connectivity index (χ0n) is 29.9. The molecule has 0 radical (unpaired) electrons. The Morgan fingerprint density at radius 3 is 2.63 bits per heavy atom. The molecule has 4 aromatic rings. The third-order valence-corrected chi connectivity index (χ3v) is 11.6. The number of aromatic nitrogens is 3. The number of piperidine rings is 1. The Bertz CT molecular complexity index is 2140. The number of phenolic OH excluding ortho intramolecular Hbond substituents is 1. The number of hydrogen-bond donors (Lipinski definition) is 3. The minimum absolute atomic E-state index is 0.152. The highest BCUT2D eigenvalue weighted by Gasteiger charge is 2.40. The second-order valence-electron chi connectivity index (χ2n) is 14.8. The van der Waals surface area contributed by atoms with Gasteiger partial charge in [-0.3, -0.25) is 24.6 Å². The summed E-state index contributed by atoms with van der Waals surface area (Å²) in [7, 11) is 2.08. The summed E-state index contributed by atoms with van der Waals surface area (Å²) in [5, 5.41) is 24.7. The minimum atomic E-state index is -0.693. The van der Waals surface area contributed by atoms with Crippen molar-refractivity contribution >= 4 is 40.7 Å². The van der Waals surface area contributed by atoms with Gasteiger partial charge in [0.05, 0.1) is 11.4 Å². The van der Waals surface area contributed by atoms with Crippen LogP contribution in [0.5, 0.6) is 5.75 Å². The number of nitrogens with zero attached hydrogens (tertiary/aromatic N) is 8. The van der Waals surface area contributed by atoms with E-state index < -0.39 is 23.5 Å². The van der Waals surface area contributed by atoms with Gasteiger partial charge >= 0.3 is 0 Å². The van der Waals surface area contributed by atoms with E-state index in [0.717, 1.165) is 80.6 Å². The number of fused-ring (bicyclic) bond motifs is 4. The van der Waals surface area contributed by atoms with Crippen LogP contribution in [0.25, 0.3) is 11.3 Å². The Balaban J connectivity index is 0.796. The number of nitrogens with one attached hydrogen (secondary N) is 2. The maximum absolute atomic E-state index is 14.1. The van der Waals surface area contributed by atoms with E-state index in [1.54, 1.807) is 17.0 Å². The summed E-state index contributed by atoms with van der Waals surface area (Å²) >= 11 is 0. The molecule has 278 valence electrons. The Labute approximate surface area is 311 Å². The molecule has 2 aromatic heterocycles. The van der Waals surface area contributed by atoms with Crippen molar-refractivity contribution in [3.8, 4) is 17.0 Å². The van der Waals surface area contributed by atoms with Gasteiger partial charge in [0.15, 0.2) is 17.4 Å². The summed E-state index contributed by atoms with van der Waals surface area (Å²) in [5.74, 6) is -0.376. The highest BCUT2D eigenvalue weighted by Crippen LogP contribution is 2.40. The van der Waals surface area contributed by atoms with Gasteiger partial charge in [0.25, 0.3) is 5.91 Å². The van der Waals surface area contributed by atoms with E-state index in [-0.39, 0.29) is 30.3 Å². The summed E-state index contributed by atoms with van der Waals surface area (Å²) in [4.78, 5) is 53.1. The number of pyridine rings is 1. The number of likely N-dealkylation sites (N-methyl/N-ethyl adjacent to an activating group) is 1. The van der Waals surface area contributed by atoms with Gasteiger partial charge in [-0.05, 0) is 60.4 Å². The van der Waals surface area contributed by atoms with Gasteiger partial charge in [-0.2, -0.15) is 0 Å². The van der Waals surface area contributed by atoms with Crippen molar-refractivity contribution in [3.63, 3.8) is 0 Å². The molecule has 15 heteroatoms. The van der Waals surface area contributed by atoms with Crippen LogP contribution < -0.4 is 25.3 Å². The first-order valence-corrected chi connectivity index (χ1v) is 18.5. The second-order valence-corrected chi connectivity index (χ2v) is 14.8. The van der Waals surface area contributed by atoms with Gasteiger partial charge in [0.2, 0.25) is 11.8 Å². The molecule has 54 heavy (non-hydrogen) atoms. The molecule has 0 bridgehead atoms. The molecule has 7 heterocycles. The maximum Gasteiger partial charge on any atom is 0.255 e. The summed E-state index contributed by atoms with van der Waals surface area (Å²) in [6.45, 7) is 6.07. The molecule has 9 rings (SSSR count). The lowest BCUT2D eigenvalue weighted by atomic mass is 10.0. The highest BCUT2D eigenvalue weighted by molar-refractivity contribution is 6.05. The number of hydrogen-bond acceptors (Lipinski definition) is 12. The first-order chi connectivity index (χ1) is 26.2. The molecule has 1 unspecified atom stereocenters. The average Bonchev–Trinajstić information content (AvgIpc) is 3.77. The third-order valence-electron chi connectivity index (χ3n) is 11.6. The van der Waals surface area contributed by atoms with Crippen molar-refractivity contribution in [2.45, 2.75) is 50.5 Å². The van der Waals surface area contributed by atoms with E-state index >= 15 is 0 Å². The van der Waals surface area contributed by atoms with Crippen LogP contribution in [0.4, 0.5) is 27.4 Å². The molecule has 0 spiro atoms. The number of para-hydroxylation sites is 1. The fraction of sp³-hybridized carbons (Fsp3) is 0.385. The largest absolute Gasteiger partial charge is 0.504 e. The number of piperazine rings is 1. The molecule has 3 saturated heterocycles. The molecule has 3 fully saturated rings. The van der Waals surface area contributed by atoms with E-state index in [0.29, 0.717) is 35.6 Å². The van der Waals surface area contributed by atoms with Crippen molar-refractivity contribution < 1.29 is 23.9 Å². The van der Waals surface area contributed by atoms with Crippen molar-refractivity contribution in [1.29, 1.82) is 0 Å². The zero-order valence-corrected chi connectivity index (χ0v) is 29.9. The van der Waals surface area contributed by atoms with E-state index in [4.69, 9.17) is 4.98 Å². The van der Waals surface area contributed by atoms with Gasteiger partial charge in [0.1, 0.15) is 11.9 Å². The number of aromatic hydroxyl groups is 1. The SMILES string of the molecule is CN(c1ccc(CN2CCN(c3ccc4c(c3)C(=O)N(C3CCC(=O)NC3=O)C4)CC2)cn1)[C@@H]1C[C@@H]2CNc3nnc(-c4cccc(F)c4O)cc3N2C1. The van der Waals surface area contributed by atoms with Crippen LogP contribution in [0, 0.1) is 5.82 Å². The van der Waals surface area contributed by atoms with Crippen LogP contribution >= 0.6 is 0 Å². The Kier molecular flexibility index (Phi) is 8.52. The fourth-order valence-electron chi connectivity index (χ4n) is 8.52. The lowest BCUT2D eigenvalue weighted by molar-refractivity contribution is -0.136. The van der Waals surface area contributed by atoms with Gasteiger partial charge in [-0.15, -0.1) is 10.2 Å². The number of phenols is 1. The molecule has 0 aliphatic carbocycles. The monoisotopic (exact) mass is 732 g/mol. The van der Waals surface area contributed by atoms with Crippen molar-refractivity contribution in [2.24, 2.45) is 0 Å². The van der Waals surface area contributed by atoms with Crippen LogP contribution in [-0.4, -0.2) is 112 Å². The number of carbonyl (C=O) groups is 3. The third kappa shape index (κ3) is 6.11. The summed E-state index contributed by atoms with van der Waals surface area (Å²) in [6.07, 6.45) is 3.49. The van der Waals surface area contributed by atoms with Crippen LogP contribution in [0.2, 0.25) is 0 Å². The number of rotatable bonds is 7. The first kappa shape index (κ1) is 34.0. The number of benzene rings is 2. The summed E-state index contributed by atoms with van der Waals surface area (Å²) < 4.78 is 14.1. The topological polar surface area (TPSA) is 150 Å². The van der Waals surface area contributed by atoms with Crippen molar-refractivity contribution in [2.75, 3.05) is 66.3 Å².